The van der Waals surface area contributed by atoms with E-state index in [0.717, 1.165) is 23.5 Å². The number of fused-ring (bicyclic) bond motifs is 1. The number of carboxylic acid groups (broad SMARTS) is 1. The quantitative estimate of drug-likeness (QED) is 0.939. The molecule has 0 saturated carbocycles. The third-order valence-corrected chi connectivity index (χ3v) is 3.89. The van der Waals surface area contributed by atoms with E-state index < -0.39 is 12.0 Å². The number of aryl methyl sites for hydroxylation is 1. The average Bonchev–Trinajstić information content (AvgIpc) is 2.53. The Morgan fingerprint density at radius 3 is 2.57 bits per heavy atom. The van der Waals surface area contributed by atoms with E-state index in [1.807, 2.05) is 47.4 Å². The zero-order chi connectivity index (χ0) is 14.8. The molecule has 4 heteroatoms. The zero-order valence-corrected chi connectivity index (χ0v) is 11.8. The van der Waals surface area contributed by atoms with Gasteiger partial charge >= 0.3 is 5.97 Å². The summed E-state index contributed by atoms with van der Waals surface area (Å²) in [7, 11) is 1.62. The largest absolute Gasteiger partial charge is 0.497 e. The van der Waals surface area contributed by atoms with Crippen LogP contribution in [0, 0.1) is 0 Å². The molecule has 1 aliphatic heterocycles. The Kier molecular flexibility index (Phi) is 3.52. The molecule has 0 amide bonds. The molecular formula is C17H17NO3. The van der Waals surface area contributed by atoms with E-state index in [2.05, 4.69) is 6.07 Å². The normalized spacial score (nSPS) is 17.2. The fourth-order valence-electron chi connectivity index (χ4n) is 2.84. The number of hydrogen-bond acceptors (Lipinski definition) is 3. The summed E-state index contributed by atoms with van der Waals surface area (Å²) in [6.45, 7) is 0. The lowest BCUT2D eigenvalue weighted by Gasteiger charge is -2.36. The average molecular weight is 283 g/mol. The van der Waals surface area contributed by atoms with Crippen molar-refractivity contribution >= 4 is 17.3 Å². The van der Waals surface area contributed by atoms with Gasteiger partial charge < -0.3 is 14.7 Å². The van der Waals surface area contributed by atoms with Gasteiger partial charge in [-0.2, -0.15) is 0 Å². The third kappa shape index (κ3) is 2.44. The fourth-order valence-corrected chi connectivity index (χ4v) is 2.84. The van der Waals surface area contributed by atoms with Gasteiger partial charge in [0, 0.05) is 11.4 Å². The summed E-state index contributed by atoms with van der Waals surface area (Å²) in [5, 5.41) is 9.53. The van der Waals surface area contributed by atoms with Crippen LogP contribution in [0.2, 0.25) is 0 Å². The van der Waals surface area contributed by atoms with Crippen molar-refractivity contribution in [1.29, 1.82) is 0 Å². The molecule has 1 N–H and O–H groups in total. The van der Waals surface area contributed by atoms with Crippen LogP contribution < -0.4 is 9.64 Å². The van der Waals surface area contributed by atoms with E-state index in [-0.39, 0.29) is 0 Å². The lowest BCUT2D eigenvalue weighted by molar-refractivity contribution is -0.138. The van der Waals surface area contributed by atoms with Gasteiger partial charge in [-0.25, -0.2) is 4.79 Å². The molecule has 1 unspecified atom stereocenters. The number of anilines is 2. The van der Waals surface area contributed by atoms with Crippen molar-refractivity contribution in [3.05, 3.63) is 54.1 Å². The molecule has 0 fully saturated rings. The highest BCUT2D eigenvalue weighted by atomic mass is 16.5. The second-order valence-electron chi connectivity index (χ2n) is 5.09. The first-order valence-electron chi connectivity index (χ1n) is 6.94. The van der Waals surface area contributed by atoms with Gasteiger partial charge in [0.2, 0.25) is 0 Å². The number of nitrogens with zero attached hydrogens (tertiary/aromatic N) is 1. The van der Waals surface area contributed by atoms with Gasteiger partial charge in [0.05, 0.1) is 7.11 Å². The maximum absolute atomic E-state index is 11.6. The van der Waals surface area contributed by atoms with Crippen molar-refractivity contribution in [3.8, 4) is 5.75 Å². The Hall–Kier alpha value is -2.49. The predicted molar refractivity (Wildman–Crippen MR) is 81.3 cm³/mol. The monoisotopic (exact) mass is 283 g/mol. The Morgan fingerprint density at radius 2 is 1.90 bits per heavy atom. The lowest BCUT2D eigenvalue weighted by Crippen LogP contribution is -2.41. The first kappa shape index (κ1) is 13.5. The van der Waals surface area contributed by atoms with Crippen LogP contribution in [-0.4, -0.2) is 24.2 Å². The summed E-state index contributed by atoms with van der Waals surface area (Å²) >= 11 is 0. The molecule has 0 saturated heterocycles. The number of rotatable bonds is 3. The van der Waals surface area contributed by atoms with E-state index in [0.29, 0.717) is 6.42 Å². The SMILES string of the molecule is COc1ccc(N2c3ccccc3CCC2C(=O)O)cc1. The first-order valence-corrected chi connectivity index (χ1v) is 6.94. The maximum atomic E-state index is 11.6. The minimum absolute atomic E-state index is 0.534. The molecule has 0 radical (unpaired) electrons. The molecule has 0 bridgehead atoms. The van der Waals surface area contributed by atoms with Crippen LogP contribution in [0.25, 0.3) is 0 Å². The molecule has 2 aromatic carbocycles. The van der Waals surface area contributed by atoms with Crippen LogP contribution in [0.1, 0.15) is 12.0 Å². The van der Waals surface area contributed by atoms with Crippen molar-refractivity contribution in [1.82, 2.24) is 0 Å². The number of hydrogen-bond donors (Lipinski definition) is 1. The maximum Gasteiger partial charge on any atom is 0.326 e. The molecule has 1 heterocycles. The van der Waals surface area contributed by atoms with Crippen molar-refractivity contribution < 1.29 is 14.6 Å². The second kappa shape index (κ2) is 5.48. The van der Waals surface area contributed by atoms with Crippen LogP contribution in [0.5, 0.6) is 5.75 Å². The summed E-state index contributed by atoms with van der Waals surface area (Å²) in [6.07, 6.45) is 1.40. The summed E-state index contributed by atoms with van der Waals surface area (Å²) in [5.74, 6) is -0.0313. The topological polar surface area (TPSA) is 49.8 Å². The highest BCUT2D eigenvalue weighted by molar-refractivity contribution is 5.84. The lowest BCUT2D eigenvalue weighted by atomic mass is 9.95. The van der Waals surface area contributed by atoms with Gasteiger partial charge in [-0.05, 0) is 48.7 Å². The molecule has 4 nitrogen and oxygen atoms in total. The predicted octanol–water partition coefficient (Wildman–Crippen LogP) is 3.23. The summed E-state index contributed by atoms with van der Waals surface area (Å²) in [4.78, 5) is 13.5. The molecule has 0 aromatic heterocycles. The number of para-hydroxylation sites is 1. The van der Waals surface area contributed by atoms with E-state index in [9.17, 15) is 9.90 Å². The highest BCUT2D eigenvalue weighted by Crippen LogP contribution is 2.37. The van der Waals surface area contributed by atoms with Crippen molar-refractivity contribution in [3.63, 3.8) is 0 Å². The van der Waals surface area contributed by atoms with Gasteiger partial charge in [-0.3, -0.25) is 0 Å². The van der Waals surface area contributed by atoms with Gasteiger partial charge in [-0.1, -0.05) is 18.2 Å². The number of benzene rings is 2. The molecule has 0 aliphatic carbocycles. The van der Waals surface area contributed by atoms with Crippen LogP contribution in [0.15, 0.2) is 48.5 Å². The summed E-state index contributed by atoms with van der Waals surface area (Å²) in [5.41, 5.74) is 3.03. The minimum atomic E-state index is -0.791. The van der Waals surface area contributed by atoms with Crippen molar-refractivity contribution in [2.75, 3.05) is 12.0 Å². The number of methoxy groups -OCH3 is 1. The van der Waals surface area contributed by atoms with E-state index in [1.165, 1.54) is 5.56 Å². The molecular weight excluding hydrogens is 266 g/mol. The van der Waals surface area contributed by atoms with Crippen LogP contribution in [-0.2, 0) is 11.2 Å². The van der Waals surface area contributed by atoms with Crippen LogP contribution >= 0.6 is 0 Å². The van der Waals surface area contributed by atoms with Gasteiger partial charge in [0.25, 0.3) is 0 Å². The standard InChI is InChI=1S/C17H17NO3/c1-21-14-9-7-13(8-10-14)18-15-5-3-2-4-12(15)6-11-16(18)17(19)20/h2-5,7-10,16H,6,11H2,1H3,(H,19,20). The number of aliphatic carboxylic acids is 1. The molecule has 21 heavy (non-hydrogen) atoms. The molecule has 1 atom stereocenters. The molecule has 2 aromatic rings. The van der Waals surface area contributed by atoms with Crippen molar-refractivity contribution in [2.24, 2.45) is 0 Å². The van der Waals surface area contributed by atoms with E-state index >= 15 is 0 Å². The molecule has 1 aliphatic rings. The van der Waals surface area contributed by atoms with Gasteiger partial charge in [-0.15, -0.1) is 0 Å². The smallest absolute Gasteiger partial charge is 0.326 e. The van der Waals surface area contributed by atoms with Crippen LogP contribution in [0.4, 0.5) is 11.4 Å². The summed E-state index contributed by atoms with van der Waals surface area (Å²) < 4.78 is 5.17. The Morgan fingerprint density at radius 1 is 1.19 bits per heavy atom. The Balaban J connectivity index is 2.07. The number of ether oxygens (including phenoxy) is 1. The number of carboxylic acids is 1. The molecule has 0 spiro atoms. The van der Waals surface area contributed by atoms with Gasteiger partial charge in [0.1, 0.15) is 11.8 Å². The summed E-state index contributed by atoms with van der Waals surface area (Å²) in [6, 6.07) is 14.9. The first-order chi connectivity index (χ1) is 10.2. The zero-order valence-electron chi connectivity index (χ0n) is 11.8. The van der Waals surface area contributed by atoms with Gasteiger partial charge in [0.15, 0.2) is 0 Å². The van der Waals surface area contributed by atoms with Crippen molar-refractivity contribution in [2.45, 2.75) is 18.9 Å². The minimum Gasteiger partial charge on any atom is -0.497 e. The van der Waals surface area contributed by atoms with E-state index in [4.69, 9.17) is 4.74 Å². The Bertz CT molecular complexity index is 651. The highest BCUT2D eigenvalue weighted by Gasteiger charge is 2.32. The fraction of sp³-hybridized carbons (Fsp3) is 0.235. The molecule has 3 rings (SSSR count). The third-order valence-electron chi connectivity index (χ3n) is 3.89. The van der Waals surface area contributed by atoms with Crippen LogP contribution in [0.3, 0.4) is 0 Å². The second-order valence-corrected chi connectivity index (χ2v) is 5.09. The molecule has 108 valence electrons. The van der Waals surface area contributed by atoms with E-state index in [1.54, 1.807) is 7.11 Å². The number of carbonyl (C=O) groups is 1. The Labute approximate surface area is 123 Å².